The van der Waals surface area contributed by atoms with E-state index in [4.69, 9.17) is 16.3 Å². The molecule has 0 fully saturated rings. The van der Waals surface area contributed by atoms with Gasteiger partial charge in [-0.05, 0) is 55.0 Å². The molecule has 2 aromatic carbocycles. The number of benzene rings is 2. The summed E-state index contributed by atoms with van der Waals surface area (Å²) in [5.74, 6) is 0.735. The summed E-state index contributed by atoms with van der Waals surface area (Å²) in [5, 5.41) is 4.06. The van der Waals surface area contributed by atoms with Gasteiger partial charge in [0.15, 0.2) is 0 Å². The third-order valence-corrected chi connectivity index (χ3v) is 3.21. The van der Waals surface area contributed by atoms with Gasteiger partial charge in [-0.25, -0.2) is 0 Å². The van der Waals surface area contributed by atoms with Gasteiger partial charge in [0.25, 0.3) is 0 Å². The molecule has 0 aliphatic heterocycles. The van der Waals surface area contributed by atoms with Gasteiger partial charge in [-0.2, -0.15) is 18.3 Å². The summed E-state index contributed by atoms with van der Waals surface area (Å²) in [6.07, 6.45) is -2.95. The first-order chi connectivity index (χ1) is 10.9. The first kappa shape index (κ1) is 17.1. The van der Waals surface area contributed by atoms with Crippen molar-refractivity contribution in [3.63, 3.8) is 0 Å². The molecule has 3 nitrogen and oxygen atoms in total. The smallest absolute Gasteiger partial charge is 0.416 e. The Morgan fingerprint density at radius 2 is 1.87 bits per heavy atom. The van der Waals surface area contributed by atoms with Crippen LogP contribution in [0.3, 0.4) is 0 Å². The van der Waals surface area contributed by atoms with E-state index in [0.29, 0.717) is 6.61 Å². The Balaban J connectivity index is 2.07. The summed E-state index contributed by atoms with van der Waals surface area (Å²) < 4.78 is 43.3. The van der Waals surface area contributed by atoms with Crippen LogP contribution in [-0.4, -0.2) is 12.8 Å². The third kappa shape index (κ3) is 4.89. The Labute approximate surface area is 136 Å². The molecule has 0 atom stereocenters. The molecule has 0 aliphatic carbocycles. The van der Waals surface area contributed by atoms with E-state index in [1.165, 1.54) is 12.3 Å². The highest BCUT2D eigenvalue weighted by Crippen LogP contribution is 2.33. The molecule has 2 rings (SSSR count). The minimum absolute atomic E-state index is 0.0867. The van der Waals surface area contributed by atoms with Crippen LogP contribution in [0.1, 0.15) is 18.1 Å². The van der Waals surface area contributed by atoms with Gasteiger partial charge in [0, 0.05) is 0 Å². The fraction of sp³-hybridized carbons (Fsp3) is 0.188. The molecule has 23 heavy (non-hydrogen) atoms. The minimum atomic E-state index is -4.43. The Bertz CT molecular complexity index is 685. The molecule has 0 aromatic heterocycles. The second kappa shape index (κ2) is 7.37. The third-order valence-electron chi connectivity index (χ3n) is 2.88. The Kier molecular flexibility index (Phi) is 5.50. The van der Waals surface area contributed by atoms with Gasteiger partial charge < -0.3 is 4.74 Å². The quantitative estimate of drug-likeness (QED) is 0.598. The number of halogens is 4. The maximum absolute atomic E-state index is 12.7. The van der Waals surface area contributed by atoms with E-state index in [2.05, 4.69) is 10.5 Å². The fourth-order valence-corrected chi connectivity index (χ4v) is 1.94. The molecule has 0 saturated heterocycles. The molecule has 2 aromatic rings. The zero-order chi connectivity index (χ0) is 16.9. The second-order valence-electron chi connectivity index (χ2n) is 4.56. The Morgan fingerprint density at radius 1 is 1.17 bits per heavy atom. The molecule has 122 valence electrons. The van der Waals surface area contributed by atoms with E-state index >= 15 is 0 Å². The lowest BCUT2D eigenvalue weighted by Gasteiger charge is -2.09. The number of rotatable bonds is 5. The van der Waals surface area contributed by atoms with Crippen molar-refractivity contribution in [1.29, 1.82) is 0 Å². The van der Waals surface area contributed by atoms with Crippen LogP contribution in [0.2, 0.25) is 5.02 Å². The number of nitrogens with one attached hydrogen (secondary N) is 1. The molecule has 0 bridgehead atoms. The fourth-order valence-electron chi connectivity index (χ4n) is 1.78. The number of hydrazone groups is 1. The van der Waals surface area contributed by atoms with Crippen LogP contribution in [0.25, 0.3) is 0 Å². The molecular formula is C16H14ClF3N2O. The predicted molar refractivity (Wildman–Crippen MR) is 85.3 cm³/mol. The minimum Gasteiger partial charge on any atom is -0.494 e. The van der Waals surface area contributed by atoms with Gasteiger partial charge in [0.2, 0.25) is 0 Å². The van der Waals surface area contributed by atoms with Crippen molar-refractivity contribution in [1.82, 2.24) is 0 Å². The molecule has 0 aliphatic rings. The van der Waals surface area contributed by atoms with E-state index in [1.807, 2.05) is 6.92 Å². The molecule has 0 unspecified atom stereocenters. The average molecular weight is 343 g/mol. The number of alkyl halides is 3. The molecule has 0 spiro atoms. The number of hydrogen-bond acceptors (Lipinski definition) is 3. The predicted octanol–water partition coefficient (Wildman–Crippen LogP) is 5.20. The van der Waals surface area contributed by atoms with E-state index in [-0.39, 0.29) is 10.7 Å². The van der Waals surface area contributed by atoms with Gasteiger partial charge in [0.05, 0.1) is 29.1 Å². The standard InChI is InChI=1S/C16H14ClF3N2O/c1-2-23-13-6-3-11(4-7-13)10-21-22-15-9-12(16(18,19)20)5-8-14(15)17/h3-10,22H,2H2,1H3. The average Bonchev–Trinajstić information content (AvgIpc) is 2.50. The maximum Gasteiger partial charge on any atom is 0.416 e. The van der Waals surface area contributed by atoms with E-state index in [0.717, 1.165) is 23.4 Å². The highest BCUT2D eigenvalue weighted by atomic mass is 35.5. The highest BCUT2D eigenvalue weighted by molar-refractivity contribution is 6.33. The van der Waals surface area contributed by atoms with Crippen molar-refractivity contribution in [2.75, 3.05) is 12.0 Å². The lowest BCUT2D eigenvalue weighted by Crippen LogP contribution is -2.05. The number of ether oxygens (including phenoxy) is 1. The van der Waals surface area contributed by atoms with Gasteiger partial charge in [-0.3, -0.25) is 5.43 Å². The van der Waals surface area contributed by atoms with Crippen molar-refractivity contribution >= 4 is 23.5 Å². The van der Waals surface area contributed by atoms with Crippen molar-refractivity contribution in [3.8, 4) is 5.75 Å². The normalized spacial score (nSPS) is 11.7. The zero-order valence-electron chi connectivity index (χ0n) is 12.2. The topological polar surface area (TPSA) is 33.6 Å². The number of anilines is 1. The summed E-state index contributed by atoms with van der Waals surface area (Å²) in [5.41, 5.74) is 2.58. The summed E-state index contributed by atoms with van der Waals surface area (Å²) in [7, 11) is 0. The van der Waals surface area contributed by atoms with E-state index < -0.39 is 11.7 Å². The molecule has 0 heterocycles. The molecule has 0 amide bonds. The van der Waals surface area contributed by atoms with Gasteiger partial charge in [-0.1, -0.05) is 11.6 Å². The van der Waals surface area contributed by atoms with Crippen LogP contribution in [0, 0.1) is 0 Å². The lowest BCUT2D eigenvalue weighted by molar-refractivity contribution is -0.137. The van der Waals surface area contributed by atoms with Crippen LogP contribution in [0.5, 0.6) is 5.75 Å². The van der Waals surface area contributed by atoms with Crippen LogP contribution in [0.4, 0.5) is 18.9 Å². The Hall–Kier alpha value is -2.21. The van der Waals surface area contributed by atoms with Gasteiger partial charge in [0.1, 0.15) is 5.75 Å². The molecule has 0 saturated carbocycles. The lowest BCUT2D eigenvalue weighted by atomic mass is 10.2. The first-order valence-electron chi connectivity index (χ1n) is 6.79. The molecule has 7 heteroatoms. The number of nitrogens with zero attached hydrogens (tertiary/aromatic N) is 1. The van der Waals surface area contributed by atoms with Crippen molar-refractivity contribution in [3.05, 3.63) is 58.6 Å². The van der Waals surface area contributed by atoms with E-state index in [9.17, 15) is 13.2 Å². The summed E-state index contributed by atoms with van der Waals surface area (Å²) >= 11 is 5.86. The summed E-state index contributed by atoms with van der Waals surface area (Å²) in [4.78, 5) is 0. The second-order valence-corrected chi connectivity index (χ2v) is 4.97. The van der Waals surface area contributed by atoms with Gasteiger partial charge >= 0.3 is 6.18 Å². The maximum atomic E-state index is 12.7. The van der Waals surface area contributed by atoms with Crippen LogP contribution in [0.15, 0.2) is 47.6 Å². The summed E-state index contributed by atoms with van der Waals surface area (Å²) in [6.45, 7) is 2.46. The zero-order valence-corrected chi connectivity index (χ0v) is 12.9. The SMILES string of the molecule is CCOc1ccc(C=NNc2cc(C(F)(F)F)ccc2Cl)cc1. The van der Waals surface area contributed by atoms with Crippen molar-refractivity contribution in [2.24, 2.45) is 5.10 Å². The van der Waals surface area contributed by atoms with Crippen LogP contribution < -0.4 is 10.2 Å². The van der Waals surface area contributed by atoms with E-state index in [1.54, 1.807) is 24.3 Å². The summed E-state index contributed by atoms with van der Waals surface area (Å²) in [6, 6.07) is 10.1. The van der Waals surface area contributed by atoms with Gasteiger partial charge in [-0.15, -0.1) is 0 Å². The van der Waals surface area contributed by atoms with Crippen molar-refractivity contribution < 1.29 is 17.9 Å². The Morgan fingerprint density at radius 3 is 2.48 bits per heavy atom. The molecule has 1 N–H and O–H groups in total. The van der Waals surface area contributed by atoms with Crippen LogP contribution >= 0.6 is 11.6 Å². The number of hydrogen-bond donors (Lipinski definition) is 1. The largest absolute Gasteiger partial charge is 0.494 e. The molecular weight excluding hydrogens is 329 g/mol. The van der Waals surface area contributed by atoms with Crippen molar-refractivity contribution in [2.45, 2.75) is 13.1 Å². The molecule has 0 radical (unpaired) electrons. The van der Waals surface area contributed by atoms with Crippen LogP contribution in [-0.2, 0) is 6.18 Å². The monoisotopic (exact) mass is 342 g/mol. The highest BCUT2D eigenvalue weighted by Gasteiger charge is 2.30. The first-order valence-corrected chi connectivity index (χ1v) is 7.16.